The topological polar surface area (TPSA) is 38.3 Å². The molecule has 1 N–H and O–H groups in total. The highest BCUT2D eigenvalue weighted by Crippen LogP contribution is 2.19. The maximum absolute atomic E-state index is 12.0. The average molecular weight is 283 g/mol. The highest BCUT2D eigenvalue weighted by molar-refractivity contribution is 7.09. The highest BCUT2D eigenvalue weighted by Gasteiger charge is 2.33. The van der Waals surface area contributed by atoms with Crippen LogP contribution in [0, 0.1) is 0 Å². The van der Waals surface area contributed by atoms with Crippen molar-refractivity contribution in [1.29, 1.82) is 0 Å². The summed E-state index contributed by atoms with van der Waals surface area (Å²) in [6.07, 6.45) is 5.48. The number of hydrogen-bond acceptors (Lipinski definition) is 4. The first kappa shape index (κ1) is 16.2. The first-order valence-electron chi connectivity index (χ1n) is 6.98. The van der Waals surface area contributed by atoms with Gasteiger partial charge in [0.1, 0.15) is 5.54 Å². The predicted molar refractivity (Wildman–Crippen MR) is 80.3 cm³/mol. The van der Waals surface area contributed by atoms with Crippen LogP contribution in [-0.2, 0) is 16.1 Å². The van der Waals surface area contributed by atoms with Crippen LogP contribution in [0.25, 0.3) is 0 Å². The van der Waals surface area contributed by atoms with E-state index < -0.39 is 5.54 Å². The molecule has 0 saturated heterocycles. The largest absolute Gasteiger partial charge is 0.468 e. The molecule has 1 aromatic rings. The Morgan fingerprint density at radius 3 is 2.79 bits per heavy atom. The van der Waals surface area contributed by atoms with Crippen LogP contribution in [0.3, 0.4) is 0 Å². The van der Waals surface area contributed by atoms with Gasteiger partial charge in [-0.3, -0.25) is 10.1 Å². The molecule has 1 heterocycles. The van der Waals surface area contributed by atoms with Crippen LogP contribution in [0.15, 0.2) is 17.5 Å². The van der Waals surface area contributed by atoms with Gasteiger partial charge in [0.2, 0.25) is 0 Å². The third-order valence-electron chi connectivity index (χ3n) is 3.40. The maximum Gasteiger partial charge on any atom is 0.325 e. The summed E-state index contributed by atoms with van der Waals surface area (Å²) in [4.78, 5) is 13.2. The molecular formula is C15H25NO2S. The molecule has 0 aliphatic carbocycles. The van der Waals surface area contributed by atoms with E-state index in [1.807, 2.05) is 18.4 Å². The van der Waals surface area contributed by atoms with Gasteiger partial charge in [-0.15, -0.1) is 11.3 Å². The fourth-order valence-corrected chi connectivity index (χ4v) is 2.73. The molecule has 3 nitrogen and oxygen atoms in total. The van der Waals surface area contributed by atoms with Crippen LogP contribution in [0.1, 0.15) is 50.8 Å². The number of rotatable bonds is 9. The van der Waals surface area contributed by atoms with Gasteiger partial charge in [0, 0.05) is 11.4 Å². The van der Waals surface area contributed by atoms with Crippen molar-refractivity contribution >= 4 is 17.3 Å². The van der Waals surface area contributed by atoms with Gasteiger partial charge >= 0.3 is 5.97 Å². The minimum atomic E-state index is -0.577. The molecule has 19 heavy (non-hydrogen) atoms. The molecule has 108 valence electrons. The fraction of sp³-hybridized carbons (Fsp3) is 0.667. The van der Waals surface area contributed by atoms with E-state index in [1.165, 1.54) is 31.2 Å². The Labute approximate surface area is 120 Å². The lowest BCUT2D eigenvalue weighted by Gasteiger charge is -2.28. The lowest BCUT2D eigenvalue weighted by molar-refractivity contribution is -0.148. The molecule has 0 saturated carbocycles. The van der Waals surface area contributed by atoms with Gasteiger partial charge < -0.3 is 4.74 Å². The summed E-state index contributed by atoms with van der Waals surface area (Å²) in [6.45, 7) is 4.85. The second-order valence-electron chi connectivity index (χ2n) is 5.07. The van der Waals surface area contributed by atoms with E-state index in [1.54, 1.807) is 11.3 Å². The van der Waals surface area contributed by atoms with Crippen LogP contribution >= 0.6 is 11.3 Å². The first-order chi connectivity index (χ1) is 9.12. The van der Waals surface area contributed by atoms with Crippen LogP contribution in [0.2, 0.25) is 0 Å². The molecule has 0 bridgehead atoms. The molecule has 0 aliphatic heterocycles. The molecule has 0 aliphatic rings. The maximum atomic E-state index is 12.0. The number of nitrogens with one attached hydrogen (secondary N) is 1. The highest BCUT2D eigenvalue weighted by atomic mass is 32.1. The third-order valence-corrected chi connectivity index (χ3v) is 4.28. The van der Waals surface area contributed by atoms with Crippen molar-refractivity contribution in [3.05, 3.63) is 22.4 Å². The van der Waals surface area contributed by atoms with Gasteiger partial charge in [0.25, 0.3) is 0 Å². The number of thiophene rings is 1. The lowest BCUT2D eigenvalue weighted by Crippen LogP contribution is -2.49. The lowest BCUT2D eigenvalue weighted by atomic mass is 9.94. The van der Waals surface area contributed by atoms with Crippen LogP contribution < -0.4 is 5.32 Å². The second-order valence-corrected chi connectivity index (χ2v) is 6.10. The Balaban J connectivity index is 2.51. The monoisotopic (exact) mass is 283 g/mol. The van der Waals surface area contributed by atoms with Gasteiger partial charge in [0.05, 0.1) is 7.11 Å². The Morgan fingerprint density at radius 2 is 2.21 bits per heavy atom. The third kappa shape index (κ3) is 5.33. The molecule has 0 amide bonds. The van der Waals surface area contributed by atoms with E-state index in [9.17, 15) is 4.79 Å². The van der Waals surface area contributed by atoms with E-state index in [-0.39, 0.29) is 5.97 Å². The van der Waals surface area contributed by atoms with E-state index >= 15 is 0 Å². The smallest absolute Gasteiger partial charge is 0.325 e. The quantitative estimate of drug-likeness (QED) is 0.554. The normalized spacial score (nSPS) is 14.1. The minimum Gasteiger partial charge on any atom is -0.468 e. The van der Waals surface area contributed by atoms with Crippen molar-refractivity contribution in [2.24, 2.45) is 0 Å². The van der Waals surface area contributed by atoms with Crippen molar-refractivity contribution in [3.8, 4) is 0 Å². The Kier molecular flexibility index (Phi) is 7.10. The number of hydrogen-bond donors (Lipinski definition) is 1. The Morgan fingerprint density at radius 1 is 1.42 bits per heavy atom. The summed E-state index contributed by atoms with van der Waals surface area (Å²) in [5, 5.41) is 5.41. The molecule has 0 radical (unpaired) electrons. The minimum absolute atomic E-state index is 0.166. The van der Waals surface area contributed by atoms with E-state index in [0.29, 0.717) is 0 Å². The van der Waals surface area contributed by atoms with E-state index in [2.05, 4.69) is 18.3 Å². The molecule has 1 rings (SSSR count). The summed E-state index contributed by atoms with van der Waals surface area (Å²) < 4.78 is 4.94. The number of carbonyl (C=O) groups is 1. The molecule has 0 fully saturated rings. The van der Waals surface area contributed by atoms with Crippen molar-refractivity contribution in [1.82, 2.24) is 5.32 Å². The van der Waals surface area contributed by atoms with Gasteiger partial charge in [-0.05, 0) is 24.8 Å². The summed E-state index contributed by atoms with van der Waals surface area (Å²) in [6, 6.07) is 4.10. The van der Waals surface area contributed by atoms with E-state index in [4.69, 9.17) is 4.74 Å². The Bertz CT molecular complexity index is 364. The molecule has 1 unspecified atom stereocenters. The van der Waals surface area contributed by atoms with Gasteiger partial charge in [0.15, 0.2) is 0 Å². The van der Waals surface area contributed by atoms with E-state index in [0.717, 1.165) is 19.4 Å². The summed E-state index contributed by atoms with van der Waals surface area (Å²) in [5.74, 6) is -0.166. The fourth-order valence-electron chi connectivity index (χ4n) is 2.09. The summed E-state index contributed by atoms with van der Waals surface area (Å²) >= 11 is 1.70. The summed E-state index contributed by atoms with van der Waals surface area (Å²) in [7, 11) is 1.46. The van der Waals surface area contributed by atoms with Crippen molar-refractivity contribution in [3.63, 3.8) is 0 Å². The van der Waals surface area contributed by atoms with Gasteiger partial charge in [-0.25, -0.2) is 0 Å². The SMILES string of the molecule is CCCCCCC(C)(NCc1cccs1)C(=O)OC. The zero-order chi connectivity index (χ0) is 14.1. The molecule has 4 heteroatoms. The zero-order valence-electron chi connectivity index (χ0n) is 12.2. The molecular weight excluding hydrogens is 258 g/mol. The van der Waals surface area contributed by atoms with Crippen molar-refractivity contribution in [2.75, 3.05) is 7.11 Å². The second kappa shape index (κ2) is 8.33. The van der Waals surface area contributed by atoms with Crippen molar-refractivity contribution in [2.45, 2.75) is 58.0 Å². The molecule has 1 aromatic heterocycles. The summed E-state index contributed by atoms with van der Waals surface area (Å²) in [5.41, 5.74) is -0.577. The average Bonchev–Trinajstić information content (AvgIpc) is 2.94. The number of ether oxygens (including phenoxy) is 1. The predicted octanol–water partition coefficient (Wildman–Crippen LogP) is 3.74. The Hall–Kier alpha value is -0.870. The van der Waals surface area contributed by atoms with Crippen LogP contribution in [-0.4, -0.2) is 18.6 Å². The molecule has 0 spiro atoms. The van der Waals surface area contributed by atoms with Gasteiger partial charge in [-0.1, -0.05) is 38.7 Å². The number of carbonyl (C=O) groups excluding carboxylic acids is 1. The standard InChI is InChI=1S/C15H25NO2S/c1-4-5-6-7-10-15(2,14(17)18-3)16-12-13-9-8-11-19-13/h8-9,11,16H,4-7,10,12H2,1-3H3. The number of esters is 1. The van der Waals surface area contributed by atoms with Crippen LogP contribution in [0.5, 0.6) is 0 Å². The van der Waals surface area contributed by atoms with Gasteiger partial charge in [-0.2, -0.15) is 0 Å². The number of unbranched alkanes of at least 4 members (excludes halogenated alkanes) is 3. The first-order valence-corrected chi connectivity index (χ1v) is 7.86. The molecule has 0 aromatic carbocycles. The number of methoxy groups -OCH3 is 1. The molecule has 1 atom stereocenters. The van der Waals surface area contributed by atoms with Crippen molar-refractivity contribution < 1.29 is 9.53 Å². The zero-order valence-corrected chi connectivity index (χ0v) is 13.0. The van der Waals surface area contributed by atoms with Crippen LogP contribution in [0.4, 0.5) is 0 Å².